The molecule has 1 N–H and O–H groups in total. The first-order valence-electron chi connectivity index (χ1n) is 9.48. The molecule has 3 rings (SSSR count). The molecule has 6 nitrogen and oxygen atoms in total. The van der Waals surface area contributed by atoms with Gasteiger partial charge < -0.3 is 15.0 Å². The molecule has 1 fully saturated rings. The van der Waals surface area contributed by atoms with Gasteiger partial charge in [0.2, 0.25) is 0 Å². The van der Waals surface area contributed by atoms with E-state index in [9.17, 15) is 4.79 Å². The van der Waals surface area contributed by atoms with Gasteiger partial charge in [0.05, 0.1) is 7.11 Å². The molecular formula is C21H28N4O2. The lowest BCUT2D eigenvalue weighted by atomic mass is 9.87. The molecule has 0 radical (unpaired) electrons. The van der Waals surface area contributed by atoms with Crippen LogP contribution in [-0.2, 0) is 0 Å². The maximum absolute atomic E-state index is 12.7. The van der Waals surface area contributed by atoms with Gasteiger partial charge in [-0.05, 0) is 62.3 Å². The van der Waals surface area contributed by atoms with Crippen molar-refractivity contribution in [1.29, 1.82) is 0 Å². The van der Waals surface area contributed by atoms with Crippen molar-refractivity contribution >= 4 is 17.4 Å². The molecule has 0 bridgehead atoms. The average Bonchev–Trinajstić information content (AvgIpc) is 2.69. The Kier molecular flexibility index (Phi) is 5.94. The van der Waals surface area contributed by atoms with E-state index in [1.54, 1.807) is 13.2 Å². The molecule has 1 heterocycles. The molecule has 0 saturated heterocycles. The minimum Gasteiger partial charge on any atom is -0.497 e. The minimum absolute atomic E-state index is 0.238. The number of carbonyl (C=O) groups is 1. The maximum Gasteiger partial charge on any atom is 0.274 e. The van der Waals surface area contributed by atoms with E-state index in [1.165, 1.54) is 19.2 Å². The molecule has 1 amide bonds. The number of benzene rings is 1. The topological polar surface area (TPSA) is 67.3 Å². The Morgan fingerprint density at radius 3 is 2.59 bits per heavy atom. The van der Waals surface area contributed by atoms with E-state index in [2.05, 4.69) is 34.2 Å². The summed E-state index contributed by atoms with van der Waals surface area (Å²) in [6, 6.07) is 7.79. The average molecular weight is 368 g/mol. The van der Waals surface area contributed by atoms with Crippen molar-refractivity contribution in [3.05, 3.63) is 41.9 Å². The Bertz CT molecular complexity index is 801. The summed E-state index contributed by atoms with van der Waals surface area (Å²) in [5, 5.41) is 2.93. The van der Waals surface area contributed by atoms with Crippen LogP contribution in [-0.4, -0.2) is 36.1 Å². The highest BCUT2D eigenvalue weighted by molar-refractivity contribution is 6.03. The highest BCUT2D eigenvalue weighted by Crippen LogP contribution is 2.28. The number of hydrogen-bond acceptors (Lipinski definition) is 5. The second kappa shape index (κ2) is 8.37. The van der Waals surface area contributed by atoms with Crippen molar-refractivity contribution < 1.29 is 9.53 Å². The lowest BCUT2D eigenvalue weighted by molar-refractivity contribution is 0.102. The number of methoxy groups -OCH3 is 1. The van der Waals surface area contributed by atoms with E-state index >= 15 is 0 Å². The number of nitrogens with zero attached hydrogens (tertiary/aromatic N) is 3. The van der Waals surface area contributed by atoms with Crippen LogP contribution in [0.1, 0.15) is 48.7 Å². The van der Waals surface area contributed by atoms with E-state index in [0.29, 0.717) is 11.7 Å². The van der Waals surface area contributed by atoms with Crippen molar-refractivity contribution in [2.75, 3.05) is 24.4 Å². The van der Waals surface area contributed by atoms with Gasteiger partial charge in [-0.2, -0.15) is 0 Å². The molecule has 1 aliphatic rings. The van der Waals surface area contributed by atoms with Crippen molar-refractivity contribution in [2.24, 2.45) is 5.92 Å². The van der Waals surface area contributed by atoms with Crippen LogP contribution in [0.2, 0.25) is 0 Å². The summed E-state index contributed by atoms with van der Waals surface area (Å²) >= 11 is 0. The summed E-state index contributed by atoms with van der Waals surface area (Å²) in [7, 11) is 3.68. The molecule has 0 aliphatic heterocycles. The van der Waals surface area contributed by atoms with E-state index in [-0.39, 0.29) is 5.91 Å². The van der Waals surface area contributed by atoms with Crippen molar-refractivity contribution in [3.63, 3.8) is 0 Å². The number of hydrogen-bond donors (Lipinski definition) is 1. The number of aromatic nitrogens is 2. The minimum atomic E-state index is -0.238. The third-order valence-corrected chi connectivity index (χ3v) is 5.46. The SMILES string of the molecule is COc1ccc(NC(=O)c2cc(N(C)C3CCC(C)CC3)ncn2)c(C)c1. The highest BCUT2D eigenvalue weighted by atomic mass is 16.5. The zero-order chi connectivity index (χ0) is 19.4. The van der Waals surface area contributed by atoms with Gasteiger partial charge >= 0.3 is 0 Å². The number of nitrogens with one attached hydrogen (secondary N) is 1. The fraction of sp³-hybridized carbons (Fsp3) is 0.476. The predicted molar refractivity (Wildman–Crippen MR) is 108 cm³/mol. The molecule has 1 saturated carbocycles. The van der Waals surface area contributed by atoms with Crippen molar-refractivity contribution in [3.8, 4) is 5.75 Å². The molecule has 0 atom stereocenters. The molecule has 144 valence electrons. The van der Waals surface area contributed by atoms with Crippen LogP contribution in [0, 0.1) is 12.8 Å². The standard InChI is InChI=1S/C21H28N4O2/c1-14-5-7-16(8-6-14)25(3)20-12-19(22-13-23-20)21(26)24-18-10-9-17(27-4)11-15(18)2/h9-14,16H,5-8H2,1-4H3,(H,24,26). The third-order valence-electron chi connectivity index (χ3n) is 5.46. The van der Waals surface area contributed by atoms with Gasteiger partial charge in [0, 0.05) is 24.8 Å². The number of anilines is 2. The first-order valence-corrected chi connectivity index (χ1v) is 9.48. The Hall–Kier alpha value is -2.63. The Balaban J connectivity index is 1.72. The first-order chi connectivity index (χ1) is 13.0. The number of aryl methyl sites for hydroxylation is 1. The van der Waals surface area contributed by atoms with Gasteiger partial charge in [0.25, 0.3) is 5.91 Å². The van der Waals surface area contributed by atoms with Crippen molar-refractivity contribution in [2.45, 2.75) is 45.6 Å². The number of amides is 1. The highest BCUT2D eigenvalue weighted by Gasteiger charge is 2.23. The van der Waals surface area contributed by atoms with Crippen LogP contribution in [0.15, 0.2) is 30.6 Å². The molecule has 2 aromatic rings. The Labute approximate surface area is 161 Å². The lowest BCUT2D eigenvalue weighted by Gasteiger charge is -2.34. The second-order valence-electron chi connectivity index (χ2n) is 7.42. The third kappa shape index (κ3) is 4.56. The zero-order valence-corrected chi connectivity index (χ0v) is 16.5. The van der Waals surface area contributed by atoms with Gasteiger partial charge in [-0.15, -0.1) is 0 Å². The summed E-state index contributed by atoms with van der Waals surface area (Å²) in [4.78, 5) is 23.4. The summed E-state index contributed by atoms with van der Waals surface area (Å²) in [6.45, 7) is 4.24. The summed E-state index contributed by atoms with van der Waals surface area (Å²) in [6.07, 6.45) is 6.27. The normalized spacial score (nSPS) is 19.4. The largest absolute Gasteiger partial charge is 0.497 e. The van der Waals surface area contributed by atoms with Gasteiger partial charge in [-0.3, -0.25) is 4.79 Å². The fourth-order valence-corrected chi connectivity index (χ4v) is 3.57. The van der Waals surface area contributed by atoms with Gasteiger partial charge in [0.15, 0.2) is 0 Å². The van der Waals surface area contributed by atoms with Crippen LogP contribution in [0.25, 0.3) is 0 Å². The molecule has 1 aromatic heterocycles. The lowest BCUT2D eigenvalue weighted by Crippen LogP contribution is -2.35. The molecule has 0 spiro atoms. The molecule has 1 aromatic carbocycles. The van der Waals surface area contributed by atoms with Crippen LogP contribution < -0.4 is 15.0 Å². The van der Waals surface area contributed by atoms with Crippen LogP contribution in [0.4, 0.5) is 11.5 Å². The van der Waals surface area contributed by atoms with Crippen LogP contribution >= 0.6 is 0 Å². The summed E-state index contributed by atoms with van der Waals surface area (Å²) in [5.74, 6) is 2.12. The van der Waals surface area contributed by atoms with E-state index < -0.39 is 0 Å². The molecule has 6 heteroatoms. The van der Waals surface area contributed by atoms with E-state index in [1.807, 2.05) is 25.1 Å². The van der Waals surface area contributed by atoms with Crippen LogP contribution in [0.3, 0.4) is 0 Å². The van der Waals surface area contributed by atoms with Crippen LogP contribution in [0.5, 0.6) is 5.75 Å². The number of ether oxygens (including phenoxy) is 1. The van der Waals surface area contributed by atoms with Crippen molar-refractivity contribution in [1.82, 2.24) is 9.97 Å². The molecule has 0 unspecified atom stereocenters. The molecule has 27 heavy (non-hydrogen) atoms. The maximum atomic E-state index is 12.7. The second-order valence-corrected chi connectivity index (χ2v) is 7.42. The van der Waals surface area contributed by atoms with Gasteiger partial charge in [0.1, 0.15) is 23.6 Å². The molecular weight excluding hydrogens is 340 g/mol. The predicted octanol–water partition coefficient (Wildman–Crippen LogP) is 4.06. The Morgan fingerprint density at radius 1 is 1.19 bits per heavy atom. The van der Waals surface area contributed by atoms with E-state index in [4.69, 9.17) is 4.74 Å². The summed E-state index contributed by atoms with van der Waals surface area (Å²) in [5.41, 5.74) is 2.05. The first kappa shape index (κ1) is 19.1. The smallest absolute Gasteiger partial charge is 0.274 e. The number of rotatable bonds is 5. The van der Waals surface area contributed by atoms with Gasteiger partial charge in [-0.1, -0.05) is 6.92 Å². The zero-order valence-electron chi connectivity index (χ0n) is 16.5. The fourth-order valence-electron chi connectivity index (χ4n) is 3.57. The summed E-state index contributed by atoms with van der Waals surface area (Å²) < 4.78 is 5.21. The Morgan fingerprint density at radius 2 is 1.93 bits per heavy atom. The van der Waals surface area contributed by atoms with E-state index in [0.717, 1.165) is 41.6 Å². The quantitative estimate of drug-likeness (QED) is 0.862. The van der Waals surface area contributed by atoms with Gasteiger partial charge in [-0.25, -0.2) is 9.97 Å². The molecule has 1 aliphatic carbocycles. The monoisotopic (exact) mass is 368 g/mol. The number of carbonyl (C=O) groups excluding carboxylic acids is 1.